The molecule has 1 aromatic carbocycles. The fraction of sp³-hybridized carbons (Fsp3) is 0.462. The zero-order valence-electron chi connectivity index (χ0n) is 10.2. The zero-order chi connectivity index (χ0) is 13.3. The van der Waals surface area contributed by atoms with Gasteiger partial charge in [-0.2, -0.15) is 0 Å². The van der Waals surface area contributed by atoms with Crippen LogP contribution in [0.2, 0.25) is 0 Å². The van der Waals surface area contributed by atoms with E-state index in [1.54, 1.807) is 0 Å². The number of aryl methyl sites for hydroxylation is 1. The van der Waals surface area contributed by atoms with Crippen molar-refractivity contribution in [3.63, 3.8) is 0 Å². The Morgan fingerprint density at radius 2 is 2.17 bits per heavy atom. The molecule has 5 heteroatoms. The van der Waals surface area contributed by atoms with Crippen LogP contribution < -0.4 is 10.5 Å². The monoisotopic (exact) mass is 313 g/mol. The summed E-state index contributed by atoms with van der Waals surface area (Å²) in [7, 11) is 1.54. The molecule has 98 valence electrons. The van der Waals surface area contributed by atoms with E-state index < -0.39 is 12.0 Å². The third kappa shape index (κ3) is 2.24. The van der Waals surface area contributed by atoms with E-state index in [9.17, 15) is 4.79 Å². The summed E-state index contributed by atoms with van der Waals surface area (Å²) in [5.74, 6) is -0.499. The highest BCUT2D eigenvalue weighted by Crippen LogP contribution is 2.40. The summed E-state index contributed by atoms with van der Waals surface area (Å²) in [5, 5.41) is 9.05. The molecule has 0 fully saturated rings. The van der Waals surface area contributed by atoms with Crippen molar-refractivity contribution in [2.75, 3.05) is 7.11 Å². The molecule has 1 aliphatic rings. The van der Waals surface area contributed by atoms with Crippen molar-refractivity contribution < 1.29 is 14.6 Å². The third-order valence-electron chi connectivity index (χ3n) is 3.37. The Morgan fingerprint density at radius 1 is 1.50 bits per heavy atom. The maximum atomic E-state index is 11.1. The van der Waals surface area contributed by atoms with Crippen molar-refractivity contribution in [3.05, 3.63) is 27.2 Å². The van der Waals surface area contributed by atoms with E-state index >= 15 is 0 Å². The molecule has 0 amide bonds. The number of aliphatic carboxylic acids is 1. The highest BCUT2D eigenvalue weighted by Gasteiger charge is 2.25. The first-order valence-electron chi connectivity index (χ1n) is 5.92. The largest absolute Gasteiger partial charge is 0.495 e. The van der Waals surface area contributed by atoms with Crippen LogP contribution in [0.4, 0.5) is 0 Å². The Hall–Kier alpha value is -1.07. The van der Waals surface area contributed by atoms with Crippen molar-refractivity contribution in [1.29, 1.82) is 0 Å². The molecule has 0 saturated heterocycles. The van der Waals surface area contributed by atoms with E-state index in [1.807, 2.05) is 6.07 Å². The Morgan fingerprint density at radius 3 is 2.78 bits per heavy atom. The lowest BCUT2D eigenvalue weighted by molar-refractivity contribution is -0.138. The molecule has 4 nitrogen and oxygen atoms in total. The molecule has 0 radical (unpaired) electrons. The molecule has 0 heterocycles. The summed E-state index contributed by atoms with van der Waals surface area (Å²) in [4.78, 5) is 11.1. The summed E-state index contributed by atoms with van der Waals surface area (Å²) < 4.78 is 6.18. The quantitative estimate of drug-likeness (QED) is 0.899. The first kappa shape index (κ1) is 13.4. The molecule has 1 aliphatic carbocycles. The van der Waals surface area contributed by atoms with Crippen LogP contribution in [0.1, 0.15) is 35.6 Å². The first-order valence-corrected chi connectivity index (χ1v) is 6.72. The number of nitrogens with two attached hydrogens (primary N) is 1. The molecule has 0 aliphatic heterocycles. The third-order valence-corrected chi connectivity index (χ3v) is 4.21. The highest BCUT2D eigenvalue weighted by atomic mass is 79.9. The number of hydrogen-bond acceptors (Lipinski definition) is 3. The van der Waals surface area contributed by atoms with Gasteiger partial charge < -0.3 is 15.6 Å². The van der Waals surface area contributed by atoms with Crippen molar-refractivity contribution in [2.45, 2.75) is 31.7 Å². The molecule has 1 unspecified atom stereocenters. The molecule has 0 aromatic heterocycles. The van der Waals surface area contributed by atoms with E-state index in [-0.39, 0.29) is 0 Å². The van der Waals surface area contributed by atoms with Gasteiger partial charge in [0, 0.05) is 5.56 Å². The molecule has 1 atom stereocenters. The Balaban J connectivity index is 2.58. The van der Waals surface area contributed by atoms with Crippen LogP contribution in [0.3, 0.4) is 0 Å². The number of rotatable bonds is 3. The summed E-state index contributed by atoms with van der Waals surface area (Å²) in [5.41, 5.74) is 8.66. The Bertz CT molecular complexity index is 488. The molecule has 2 rings (SSSR count). The van der Waals surface area contributed by atoms with E-state index in [1.165, 1.54) is 18.2 Å². The maximum absolute atomic E-state index is 11.1. The molecular formula is C13H16BrNO3. The van der Waals surface area contributed by atoms with E-state index in [2.05, 4.69) is 15.9 Å². The minimum absolute atomic E-state index is 0.539. The van der Waals surface area contributed by atoms with Crippen molar-refractivity contribution in [3.8, 4) is 5.75 Å². The average Bonchev–Trinajstić information content (AvgIpc) is 2.37. The molecule has 1 aromatic rings. The van der Waals surface area contributed by atoms with Gasteiger partial charge in [-0.1, -0.05) is 0 Å². The van der Waals surface area contributed by atoms with Crippen LogP contribution in [0.15, 0.2) is 10.5 Å². The predicted molar refractivity (Wildman–Crippen MR) is 71.9 cm³/mol. The molecule has 3 N–H and O–H groups in total. The second-order valence-corrected chi connectivity index (χ2v) is 5.27. The standard InChI is InChI=1S/C13H16BrNO3/c1-18-12-9(11(15)13(16)17)6-7-4-2-3-5-8(7)10(12)14/h6,11H,2-5,15H2,1H3,(H,16,17). The number of fused-ring (bicyclic) bond motifs is 1. The zero-order valence-corrected chi connectivity index (χ0v) is 11.8. The molecule has 0 saturated carbocycles. The lowest BCUT2D eigenvalue weighted by Gasteiger charge is -2.23. The van der Waals surface area contributed by atoms with Crippen molar-refractivity contribution >= 4 is 21.9 Å². The maximum Gasteiger partial charge on any atom is 0.325 e. The van der Waals surface area contributed by atoms with Gasteiger partial charge in [-0.3, -0.25) is 4.79 Å². The molecule has 0 spiro atoms. The molecule has 0 bridgehead atoms. The van der Waals surface area contributed by atoms with Gasteiger partial charge in [0.2, 0.25) is 0 Å². The minimum atomic E-state index is -1.05. The Kier molecular flexibility index (Phi) is 3.92. The fourth-order valence-corrected chi connectivity index (χ4v) is 3.27. The highest BCUT2D eigenvalue weighted by molar-refractivity contribution is 9.10. The fourth-order valence-electron chi connectivity index (χ4n) is 2.43. The number of carboxylic acid groups (broad SMARTS) is 1. The summed E-state index contributed by atoms with van der Waals surface area (Å²) in [6, 6.07) is 0.833. The van der Waals surface area contributed by atoms with E-state index in [4.69, 9.17) is 15.6 Å². The minimum Gasteiger partial charge on any atom is -0.495 e. The lowest BCUT2D eigenvalue weighted by Crippen LogP contribution is -2.22. The second-order valence-electron chi connectivity index (χ2n) is 4.47. The van der Waals surface area contributed by atoms with Gasteiger partial charge in [0.1, 0.15) is 11.8 Å². The van der Waals surface area contributed by atoms with Gasteiger partial charge in [0.15, 0.2) is 0 Å². The van der Waals surface area contributed by atoms with Gasteiger partial charge in [-0.25, -0.2) is 0 Å². The number of carbonyl (C=O) groups is 1. The van der Waals surface area contributed by atoms with Gasteiger partial charge >= 0.3 is 5.97 Å². The number of carboxylic acids is 1. The number of methoxy groups -OCH3 is 1. The van der Waals surface area contributed by atoms with Crippen LogP contribution in [0.25, 0.3) is 0 Å². The lowest BCUT2D eigenvalue weighted by atomic mass is 9.88. The summed E-state index contributed by atoms with van der Waals surface area (Å²) in [6.07, 6.45) is 4.25. The second kappa shape index (κ2) is 5.28. The van der Waals surface area contributed by atoms with Crippen LogP contribution >= 0.6 is 15.9 Å². The summed E-state index contributed by atoms with van der Waals surface area (Å²) >= 11 is 3.52. The topological polar surface area (TPSA) is 72.5 Å². The predicted octanol–water partition coefficient (Wildman–Crippen LogP) is 2.42. The normalized spacial score (nSPS) is 15.9. The number of benzene rings is 1. The SMILES string of the molecule is COc1c(C(N)C(=O)O)cc2c(c1Br)CCCC2. The van der Waals surface area contributed by atoms with Gasteiger partial charge in [-0.05, 0) is 58.8 Å². The molecule has 18 heavy (non-hydrogen) atoms. The molecular weight excluding hydrogens is 298 g/mol. The number of ether oxygens (including phenoxy) is 1. The van der Waals surface area contributed by atoms with E-state index in [0.717, 1.165) is 30.2 Å². The van der Waals surface area contributed by atoms with Crippen LogP contribution in [-0.2, 0) is 17.6 Å². The van der Waals surface area contributed by atoms with Gasteiger partial charge in [-0.15, -0.1) is 0 Å². The van der Waals surface area contributed by atoms with Crippen LogP contribution in [0.5, 0.6) is 5.75 Å². The average molecular weight is 314 g/mol. The van der Waals surface area contributed by atoms with Crippen molar-refractivity contribution in [1.82, 2.24) is 0 Å². The smallest absolute Gasteiger partial charge is 0.325 e. The van der Waals surface area contributed by atoms with Crippen LogP contribution in [0, 0.1) is 0 Å². The first-order chi connectivity index (χ1) is 8.56. The summed E-state index contributed by atoms with van der Waals surface area (Å²) in [6.45, 7) is 0. The van der Waals surface area contributed by atoms with E-state index in [0.29, 0.717) is 11.3 Å². The van der Waals surface area contributed by atoms with Crippen molar-refractivity contribution in [2.24, 2.45) is 5.73 Å². The van der Waals surface area contributed by atoms with Gasteiger partial charge in [0.05, 0.1) is 11.6 Å². The van der Waals surface area contributed by atoms with Gasteiger partial charge in [0.25, 0.3) is 0 Å². The Labute approximate surface area is 114 Å². The number of hydrogen-bond donors (Lipinski definition) is 2. The number of halogens is 1. The van der Waals surface area contributed by atoms with Crippen LogP contribution in [-0.4, -0.2) is 18.2 Å².